The van der Waals surface area contributed by atoms with Gasteiger partial charge in [-0.1, -0.05) is 15.9 Å². The summed E-state index contributed by atoms with van der Waals surface area (Å²) in [7, 11) is 0. The second kappa shape index (κ2) is 10.1. The van der Waals surface area contributed by atoms with Crippen molar-refractivity contribution in [1.82, 2.24) is 9.66 Å². The van der Waals surface area contributed by atoms with Crippen LogP contribution in [-0.4, -0.2) is 34.6 Å². The Morgan fingerprint density at radius 1 is 1.23 bits per heavy atom. The van der Waals surface area contributed by atoms with E-state index in [9.17, 15) is 9.59 Å². The number of benzene rings is 2. The zero-order valence-electron chi connectivity index (χ0n) is 16.9. The maximum absolute atomic E-state index is 12.9. The zero-order chi connectivity index (χ0) is 22.7. The van der Waals surface area contributed by atoms with Gasteiger partial charge in [-0.3, -0.25) is 4.79 Å². The summed E-state index contributed by atoms with van der Waals surface area (Å²) in [5, 5.41) is 4.79. The number of esters is 1. The van der Waals surface area contributed by atoms with Crippen molar-refractivity contribution in [3.8, 4) is 5.75 Å². The van der Waals surface area contributed by atoms with Crippen LogP contribution in [0.2, 0.25) is 0 Å². The summed E-state index contributed by atoms with van der Waals surface area (Å²) in [6.45, 7) is 5.36. The Kier molecular flexibility index (Phi) is 7.66. The minimum atomic E-state index is -0.767. The van der Waals surface area contributed by atoms with E-state index >= 15 is 0 Å². The first kappa shape index (κ1) is 23.6. The van der Waals surface area contributed by atoms with E-state index in [2.05, 4.69) is 57.9 Å². The van der Waals surface area contributed by atoms with Gasteiger partial charge in [0, 0.05) is 4.47 Å². The summed E-state index contributed by atoms with van der Waals surface area (Å²) < 4.78 is 14.0. The zero-order valence-corrected chi connectivity index (χ0v) is 21.6. The predicted octanol–water partition coefficient (Wildman–Crippen LogP) is 5.21. The molecule has 0 aliphatic heterocycles. The lowest BCUT2D eigenvalue weighted by Crippen LogP contribution is -2.26. The van der Waals surface area contributed by atoms with Crippen LogP contribution >= 0.6 is 47.8 Å². The summed E-state index contributed by atoms with van der Waals surface area (Å²) in [6.07, 6.45) is 0.782. The summed E-state index contributed by atoms with van der Waals surface area (Å²) in [4.78, 5) is 29.1. The van der Waals surface area contributed by atoms with Gasteiger partial charge in [-0.2, -0.15) is 9.78 Å². The molecule has 1 aromatic heterocycles. The SMILES string of the molecule is CCOC(=O)[C@H](C)Oc1c(Br)cc(C=Nn2c(C)nc3ccc(Br)cc3c2=O)cc1Br. The molecule has 31 heavy (non-hydrogen) atoms. The van der Waals surface area contributed by atoms with Crippen LogP contribution in [0.4, 0.5) is 0 Å². The van der Waals surface area contributed by atoms with Crippen molar-refractivity contribution in [2.45, 2.75) is 26.9 Å². The van der Waals surface area contributed by atoms with Gasteiger partial charge in [0.15, 0.2) is 6.10 Å². The molecule has 0 saturated heterocycles. The van der Waals surface area contributed by atoms with Gasteiger partial charge in [0.1, 0.15) is 11.6 Å². The van der Waals surface area contributed by atoms with E-state index in [1.807, 2.05) is 6.07 Å². The minimum absolute atomic E-state index is 0.263. The maximum atomic E-state index is 12.9. The molecule has 0 aliphatic carbocycles. The van der Waals surface area contributed by atoms with E-state index < -0.39 is 12.1 Å². The molecule has 0 bridgehead atoms. The fourth-order valence-corrected chi connectivity index (χ4v) is 4.54. The molecule has 162 valence electrons. The first-order valence-electron chi connectivity index (χ1n) is 9.26. The lowest BCUT2D eigenvalue weighted by Gasteiger charge is -2.16. The average molecular weight is 616 g/mol. The van der Waals surface area contributed by atoms with E-state index in [1.165, 1.54) is 4.68 Å². The largest absolute Gasteiger partial charge is 0.477 e. The smallest absolute Gasteiger partial charge is 0.347 e. The molecule has 0 fully saturated rings. The molecule has 1 atom stereocenters. The molecule has 0 N–H and O–H groups in total. The third-order valence-electron chi connectivity index (χ3n) is 4.23. The fraction of sp³-hybridized carbons (Fsp3) is 0.238. The number of aryl methyl sites for hydroxylation is 1. The van der Waals surface area contributed by atoms with Crippen molar-refractivity contribution in [1.29, 1.82) is 0 Å². The van der Waals surface area contributed by atoms with Crippen molar-refractivity contribution in [3.05, 3.63) is 65.5 Å². The highest BCUT2D eigenvalue weighted by Crippen LogP contribution is 2.35. The van der Waals surface area contributed by atoms with Gasteiger partial charge in [-0.15, -0.1) is 0 Å². The van der Waals surface area contributed by atoms with E-state index in [-0.39, 0.29) is 12.2 Å². The highest BCUT2D eigenvalue weighted by molar-refractivity contribution is 9.11. The number of ether oxygens (including phenoxy) is 2. The summed E-state index contributed by atoms with van der Waals surface area (Å²) in [6, 6.07) is 8.88. The summed E-state index contributed by atoms with van der Waals surface area (Å²) in [5.41, 5.74) is 1.05. The summed E-state index contributed by atoms with van der Waals surface area (Å²) in [5.74, 6) is 0.484. The molecule has 0 amide bonds. The van der Waals surface area contributed by atoms with Gasteiger partial charge in [0.2, 0.25) is 0 Å². The molecule has 3 aromatic rings. The van der Waals surface area contributed by atoms with E-state index in [0.29, 0.717) is 37.0 Å². The number of fused-ring (bicyclic) bond motifs is 1. The van der Waals surface area contributed by atoms with E-state index in [4.69, 9.17) is 9.47 Å². The van der Waals surface area contributed by atoms with Gasteiger partial charge < -0.3 is 9.47 Å². The molecule has 0 saturated carbocycles. The van der Waals surface area contributed by atoms with Crippen LogP contribution in [0, 0.1) is 6.92 Å². The Morgan fingerprint density at radius 3 is 2.55 bits per heavy atom. The first-order valence-corrected chi connectivity index (χ1v) is 11.6. The average Bonchev–Trinajstić information content (AvgIpc) is 2.71. The molecule has 0 radical (unpaired) electrons. The number of aromatic nitrogens is 2. The van der Waals surface area contributed by atoms with Crippen molar-refractivity contribution in [2.75, 3.05) is 6.61 Å². The molecule has 0 spiro atoms. The number of hydrogen-bond donors (Lipinski definition) is 0. The van der Waals surface area contributed by atoms with Crippen LogP contribution in [0.3, 0.4) is 0 Å². The molecule has 7 nitrogen and oxygen atoms in total. The molecule has 3 rings (SSSR count). The number of nitrogens with zero attached hydrogens (tertiary/aromatic N) is 3. The standard InChI is InChI=1S/C21H18Br3N3O4/c1-4-30-21(29)11(2)31-19-16(23)7-13(8-17(19)24)10-25-27-12(3)26-18-6-5-14(22)9-15(18)20(27)28/h5-11H,4H2,1-3H3/t11-/m0/s1. The molecule has 10 heteroatoms. The number of hydrogen-bond acceptors (Lipinski definition) is 6. The van der Waals surface area contributed by atoms with Gasteiger partial charge in [-0.25, -0.2) is 9.78 Å². The van der Waals surface area contributed by atoms with Crippen LogP contribution in [-0.2, 0) is 9.53 Å². The lowest BCUT2D eigenvalue weighted by molar-refractivity contribution is -0.150. The predicted molar refractivity (Wildman–Crippen MR) is 130 cm³/mol. The number of carbonyl (C=O) groups excluding carboxylic acids is 1. The monoisotopic (exact) mass is 613 g/mol. The van der Waals surface area contributed by atoms with Crippen LogP contribution in [0.5, 0.6) is 5.75 Å². The van der Waals surface area contributed by atoms with Crippen molar-refractivity contribution in [2.24, 2.45) is 5.10 Å². The Morgan fingerprint density at radius 2 is 1.90 bits per heavy atom. The van der Waals surface area contributed by atoms with Gasteiger partial charge >= 0.3 is 5.97 Å². The van der Waals surface area contributed by atoms with Gasteiger partial charge in [0.25, 0.3) is 5.56 Å². The van der Waals surface area contributed by atoms with Crippen LogP contribution in [0.25, 0.3) is 10.9 Å². The van der Waals surface area contributed by atoms with Crippen LogP contribution < -0.4 is 10.3 Å². The molecular formula is C21H18Br3N3O4. The lowest BCUT2D eigenvalue weighted by atomic mass is 10.2. The maximum Gasteiger partial charge on any atom is 0.347 e. The third-order valence-corrected chi connectivity index (χ3v) is 5.90. The normalized spacial score (nSPS) is 12.3. The number of carbonyl (C=O) groups is 1. The highest BCUT2D eigenvalue weighted by atomic mass is 79.9. The number of rotatable bonds is 6. The van der Waals surface area contributed by atoms with Crippen molar-refractivity contribution >= 4 is 70.9 Å². The Labute approximate surface area is 203 Å². The fourth-order valence-electron chi connectivity index (χ4n) is 2.77. The number of halogens is 3. The van der Waals surface area contributed by atoms with Crippen LogP contribution in [0.15, 0.2) is 53.6 Å². The van der Waals surface area contributed by atoms with Crippen molar-refractivity contribution in [3.63, 3.8) is 0 Å². The second-order valence-electron chi connectivity index (χ2n) is 6.51. The van der Waals surface area contributed by atoms with E-state index in [1.54, 1.807) is 51.3 Å². The third kappa shape index (κ3) is 5.42. The minimum Gasteiger partial charge on any atom is -0.477 e. The first-order chi connectivity index (χ1) is 14.7. The van der Waals surface area contributed by atoms with Crippen molar-refractivity contribution < 1.29 is 14.3 Å². The van der Waals surface area contributed by atoms with E-state index in [0.717, 1.165) is 4.47 Å². The topological polar surface area (TPSA) is 82.8 Å². The van der Waals surface area contributed by atoms with Gasteiger partial charge in [0.05, 0.1) is 32.7 Å². The summed E-state index contributed by atoms with van der Waals surface area (Å²) >= 11 is 10.3. The Hall–Kier alpha value is -2.04. The second-order valence-corrected chi connectivity index (χ2v) is 9.13. The molecule has 2 aromatic carbocycles. The molecular weight excluding hydrogens is 598 g/mol. The molecule has 1 heterocycles. The van der Waals surface area contributed by atoms with Gasteiger partial charge in [-0.05, 0) is 88.5 Å². The van der Waals surface area contributed by atoms with Crippen LogP contribution in [0.1, 0.15) is 25.2 Å². The quantitative estimate of drug-likeness (QED) is 0.281. The Balaban J connectivity index is 1.92. The highest BCUT2D eigenvalue weighted by Gasteiger charge is 2.19. The Bertz CT molecular complexity index is 1220. The molecule has 0 aliphatic rings. The molecule has 0 unspecified atom stereocenters.